The molecule has 25 heavy (non-hydrogen) atoms. The largest absolute Gasteiger partial charge is 0.375 e. The first kappa shape index (κ1) is 16.7. The molecule has 2 aliphatic heterocycles. The van der Waals surface area contributed by atoms with E-state index in [1.165, 1.54) is 5.56 Å². The Labute approximate surface area is 147 Å². The van der Waals surface area contributed by atoms with Crippen LogP contribution in [0.4, 0.5) is 0 Å². The molecule has 5 heteroatoms. The summed E-state index contributed by atoms with van der Waals surface area (Å²) in [5, 5.41) is 11.7. The second-order valence-electron chi connectivity index (χ2n) is 6.56. The fourth-order valence-electron chi connectivity index (χ4n) is 3.48. The van der Waals surface area contributed by atoms with E-state index >= 15 is 0 Å². The van der Waals surface area contributed by atoms with E-state index < -0.39 is 6.29 Å². The van der Waals surface area contributed by atoms with Crippen molar-refractivity contribution >= 4 is 0 Å². The Balaban J connectivity index is 1.41. The number of hydroxylamine groups is 2. The molecular formula is C20H23NO4. The first-order valence-corrected chi connectivity index (χ1v) is 8.72. The van der Waals surface area contributed by atoms with Crippen LogP contribution >= 0.6 is 0 Å². The first-order valence-electron chi connectivity index (χ1n) is 8.72. The van der Waals surface area contributed by atoms with Gasteiger partial charge in [-0.15, -0.1) is 0 Å². The Morgan fingerprint density at radius 3 is 2.40 bits per heavy atom. The molecule has 2 fully saturated rings. The van der Waals surface area contributed by atoms with Crippen LogP contribution in [0.2, 0.25) is 0 Å². The molecule has 0 bridgehead atoms. The maximum atomic E-state index is 9.77. The van der Waals surface area contributed by atoms with Crippen LogP contribution < -0.4 is 0 Å². The summed E-state index contributed by atoms with van der Waals surface area (Å²) in [5.74, 6) is 0. The molecule has 2 aromatic rings. The molecule has 4 atom stereocenters. The summed E-state index contributed by atoms with van der Waals surface area (Å²) in [6.45, 7) is 1.72. The van der Waals surface area contributed by atoms with E-state index in [1.807, 2.05) is 53.6 Å². The van der Waals surface area contributed by atoms with E-state index in [1.54, 1.807) is 0 Å². The minimum atomic E-state index is -0.745. The van der Waals surface area contributed by atoms with Crippen molar-refractivity contribution in [3.63, 3.8) is 0 Å². The van der Waals surface area contributed by atoms with Crippen LogP contribution in [-0.4, -0.2) is 41.3 Å². The van der Waals surface area contributed by atoms with E-state index in [9.17, 15) is 5.11 Å². The molecular weight excluding hydrogens is 318 g/mol. The van der Waals surface area contributed by atoms with E-state index in [-0.39, 0.29) is 18.2 Å². The average Bonchev–Trinajstić information content (AvgIpc) is 3.13. The molecule has 2 heterocycles. The molecule has 1 N–H and O–H groups in total. The molecule has 2 saturated heterocycles. The summed E-state index contributed by atoms with van der Waals surface area (Å²) < 4.78 is 11.6. The van der Waals surface area contributed by atoms with Crippen LogP contribution in [0.3, 0.4) is 0 Å². The topological polar surface area (TPSA) is 51.2 Å². The van der Waals surface area contributed by atoms with Gasteiger partial charge in [-0.05, 0) is 11.1 Å². The quantitative estimate of drug-likeness (QED) is 0.875. The second kappa shape index (κ2) is 7.64. The summed E-state index contributed by atoms with van der Waals surface area (Å²) in [6, 6.07) is 20.3. The van der Waals surface area contributed by atoms with Gasteiger partial charge in [0.1, 0.15) is 12.2 Å². The number of hydrogen-bond donors (Lipinski definition) is 1. The van der Waals surface area contributed by atoms with Gasteiger partial charge in [0.2, 0.25) is 0 Å². The van der Waals surface area contributed by atoms with Crippen molar-refractivity contribution in [1.29, 1.82) is 0 Å². The fourth-order valence-corrected chi connectivity index (χ4v) is 3.48. The number of rotatable bonds is 6. The van der Waals surface area contributed by atoms with Gasteiger partial charge < -0.3 is 14.6 Å². The zero-order valence-electron chi connectivity index (χ0n) is 14.0. The number of nitrogens with zero attached hydrogens (tertiary/aromatic N) is 1. The highest BCUT2D eigenvalue weighted by Gasteiger charge is 2.50. The summed E-state index contributed by atoms with van der Waals surface area (Å²) >= 11 is 0. The van der Waals surface area contributed by atoms with Gasteiger partial charge in [-0.1, -0.05) is 60.7 Å². The second-order valence-corrected chi connectivity index (χ2v) is 6.56. The molecule has 0 spiro atoms. The van der Waals surface area contributed by atoms with Gasteiger partial charge in [-0.2, -0.15) is 5.06 Å². The minimum absolute atomic E-state index is 0.0360. The van der Waals surface area contributed by atoms with Gasteiger partial charge in [0.05, 0.1) is 19.3 Å². The smallest absolute Gasteiger partial charge is 0.157 e. The molecule has 0 aromatic heterocycles. The molecule has 5 nitrogen and oxygen atoms in total. The Morgan fingerprint density at radius 2 is 1.68 bits per heavy atom. The van der Waals surface area contributed by atoms with Gasteiger partial charge in [-0.25, -0.2) is 0 Å². The number of ether oxygens (including phenoxy) is 2. The monoisotopic (exact) mass is 341 g/mol. The third-order valence-electron chi connectivity index (χ3n) is 4.72. The fraction of sp³-hybridized carbons (Fsp3) is 0.400. The van der Waals surface area contributed by atoms with Gasteiger partial charge in [0.15, 0.2) is 6.29 Å². The first-order chi connectivity index (χ1) is 12.3. The molecule has 132 valence electrons. The van der Waals surface area contributed by atoms with E-state index in [0.29, 0.717) is 26.2 Å². The van der Waals surface area contributed by atoms with Gasteiger partial charge in [0, 0.05) is 13.0 Å². The molecule has 0 radical (unpaired) electrons. The summed E-state index contributed by atoms with van der Waals surface area (Å²) in [7, 11) is 0. The molecule has 0 amide bonds. The van der Waals surface area contributed by atoms with E-state index in [2.05, 4.69) is 12.1 Å². The number of aliphatic hydroxyl groups is 1. The minimum Gasteiger partial charge on any atom is -0.375 e. The lowest BCUT2D eigenvalue weighted by Gasteiger charge is -2.26. The van der Waals surface area contributed by atoms with Crippen LogP contribution in [0.25, 0.3) is 0 Å². The summed E-state index contributed by atoms with van der Waals surface area (Å²) in [6.07, 6.45) is -0.505. The van der Waals surface area contributed by atoms with E-state index in [0.717, 1.165) is 5.56 Å². The van der Waals surface area contributed by atoms with Crippen molar-refractivity contribution in [2.24, 2.45) is 0 Å². The predicted octanol–water partition coefficient (Wildman–Crippen LogP) is 2.50. The number of benzene rings is 2. The van der Waals surface area contributed by atoms with E-state index in [4.69, 9.17) is 14.3 Å². The highest BCUT2D eigenvalue weighted by Crippen LogP contribution is 2.35. The Kier molecular flexibility index (Phi) is 5.10. The maximum absolute atomic E-state index is 9.77. The lowest BCUT2D eigenvalue weighted by Crippen LogP contribution is -2.40. The third-order valence-corrected chi connectivity index (χ3v) is 4.72. The van der Waals surface area contributed by atoms with Crippen molar-refractivity contribution in [3.05, 3.63) is 71.8 Å². The zero-order valence-corrected chi connectivity index (χ0v) is 14.0. The van der Waals surface area contributed by atoms with Crippen molar-refractivity contribution in [3.8, 4) is 0 Å². The maximum Gasteiger partial charge on any atom is 0.157 e. The number of fused-ring (bicyclic) bond motifs is 1. The Morgan fingerprint density at radius 1 is 1.00 bits per heavy atom. The normalized spacial score (nSPS) is 29.0. The van der Waals surface area contributed by atoms with Gasteiger partial charge >= 0.3 is 0 Å². The van der Waals surface area contributed by atoms with Gasteiger partial charge in [0.25, 0.3) is 0 Å². The SMILES string of the molecule is OC1C[C@@H]2ON(Cc3ccccc3)[C@@H](COCc3ccccc3)[C@@H]2O1. The highest BCUT2D eigenvalue weighted by molar-refractivity contribution is 5.15. The molecule has 4 rings (SSSR count). The lowest BCUT2D eigenvalue weighted by atomic mass is 10.1. The van der Waals surface area contributed by atoms with Crippen molar-refractivity contribution in [2.75, 3.05) is 6.61 Å². The lowest BCUT2D eigenvalue weighted by molar-refractivity contribution is -0.191. The summed E-state index contributed by atoms with van der Waals surface area (Å²) in [4.78, 5) is 6.04. The van der Waals surface area contributed by atoms with Crippen molar-refractivity contribution in [1.82, 2.24) is 5.06 Å². The molecule has 2 aliphatic rings. The molecule has 0 saturated carbocycles. The third kappa shape index (κ3) is 3.92. The number of hydrogen-bond acceptors (Lipinski definition) is 5. The van der Waals surface area contributed by atoms with Crippen molar-refractivity contribution < 1.29 is 19.4 Å². The highest BCUT2D eigenvalue weighted by atomic mass is 16.7. The zero-order chi connectivity index (χ0) is 17.1. The van der Waals surface area contributed by atoms with Crippen LogP contribution in [0.1, 0.15) is 17.5 Å². The molecule has 1 unspecified atom stereocenters. The number of aliphatic hydroxyl groups excluding tert-OH is 1. The van der Waals surface area contributed by atoms with Crippen LogP contribution in [0.5, 0.6) is 0 Å². The predicted molar refractivity (Wildman–Crippen MR) is 92.2 cm³/mol. The van der Waals surface area contributed by atoms with Crippen LogP contribution in [0, 0.1) is 0 Å². The molecule has 0 aliphatic carbocycles. The van der Waals surface area contributed by atoms with Gasteiger partial charge in [-0.3, -0.25) is 4.84 Å². The standard InChI is InChI=1S/C20H23NO4/c22-19-11-18-20(24-19)17(14-23-13-16-9-5-2-6-10-16)21(25-18)12-15-7-3-1-4-8-15/h1-10,17-20,22H,11-14H2/t17-,18-,19?,20-/m0/s1. The molecule has 2 aromatic carbocycles. The van der Waals surface area contributed by atoms with Crippen LogP contribution in [0.15, 0.2) is 60.7 Å². The summed E-state index contributed by atoms with van der Waals surface area (Å²) in [5.41, 5.74) is 2.32. The Hall–Kier alpha value is -1.76. The Bertz CT molecular complexity index is 666. The van der Waals surface area contributed by atoms with Crippen molar-refractivity contribution in [2.45, 2.75) is 44.1 Å². The average molecular weight is 341 g/mol. The van der Waals surface area contributed by atoms with Crippen LogP contribution in [-0.2, 0) is 27.5 Å².